The van der Waals surface area contributed by atoms with Crippen LogP contribution in [0.5, 0.6) is 0 Å². The SMILES string of the molecule is N#Cc1ccc2c(c1)c1c(n2C(=O)NCc2ccnc(Cl)c2)CCN(C/C=C/c2ccc(Cl)cc2)C1. The molecule has 8 heteroatoms. The van der Waals surface area contributed by atoms with Gasteiger partial charge in [-0.05, 0) is 59.2 Å². The number of pyridine rings is 1. The standard InChI is InChI=1S/C28H23Cl2N5O/c29-22-6-3-19(4-7-22)2-1-12-34-13-10-26-24(18-34)23-14-20(16-31)5-8-25(23)35(26)28(36)33-17-21-9-11-32-27(30)15-21/h1-9,11,14-15H,10,12-13,17-18H2,(H,33,36)/b2-1+. The lowest BCUT2D eigenvalue weighted by molar-refractivity contribution is 0.240. The predicted molar refractivity (Wildman–Crippen MR) is 143 cm³/mol. The molecule has 4 aromatic rings. The first-order valence-electron chi connectivity index (χ1n) is 11.6. The molecule has 0 saturated carbocycles. The summed E-state index contributed by atoms with van der Waals surface area (Å²) in [6, 6.07) is 18.8. The van der Waals surface area contributed by atoms with Crippen LogP contribution in [0, 0.1) is 11.3 Å². The monoisotopic (exact) mass is 515 g/mol. The highest BCUT2D eigenvalue weighted by Gasteiger charge is 2.26. The molecule has 5 rings (SSSR count). The Morgan fingerprint density at radius 1 is 1.14 bits per heavy atom. The Balaban J connectivity index is 1.39. The van der Waals surface area contributed by atoms with Crippen LogP contribution in [0.3, 0.4) is 0 Å². The molecule has 2 aromatic carbocycles. The van der Waals surface area contributed by atoms with Crippen LogP contribution in [0.1, 0.15) is 27.9 Å². The van der Waals surface area contributed by atoms with Crippen molar-refractivity contribution < 1.29 is 4.79 Å². The Morgan fingerprint density at radius 2 is 1.97 bits per heavy atom. The maximum atomic E-state index is 13.3. The fourth-order valence-electron chi connectivity index (χ4n) is 4.59. The van der Waals surface area contributed by atoms with Gasteiger partial charge in [0.05, 0.1) is 17.1 Å². The molecular weight excluding hydrogens is 493 g/mol. The minimum atomic E-state index is -0.199. The van der Waals surface area contributed by atoms with E-state index in [1.807, 2.05) is 42.5 Å². The molecule has 0 unspecified atom stereocenters. The lowest BCUT2D eigenvalue weighted by Gasteiger charge is -2.27. The van der Waals surface area contributed by atoms with Gasteiger partial charge in [0.1, 0.15) is 5.15 Å². The van der Waals surface area contributed by atoms with E-state index in [4.69, 9.17) is 23.2 Å². The number of rotatable bonds is 5. The van der Waals surface area contributed by atoms with Gasteiger partial charge in [0.15, 0.2) is 0 Å². The fraction of sp³-hybridized carbons (Fsp3) is 0.179. The number of benzene rings is 2. The highest BCUT2D eigenvalue weighted by Crippen LogP contribution is 2.31. The number of hydrogen-bond donors (Lipinski definition) is 1. The number of nitrogens with one attached hydrogen (secondary N) is 1. The van der Waals surface area contributed by atoms with Gasteiger partial charge in [-0.25, -0.2) is 9.78 Å². The van der Waals surface area contributed by atoms with Gasteiger partial charge in [0.2, 0.25) is 0 Å². The van der Waals surface area contributed by atoms with Crippen LogP contribution < -0.4 is 5.32 Å². The molecule has 6 nitrogen and oxygen atoms in total. The molecule has 1 amide bonds. The third-order valence-corrected chi connectivity index (χ3v) is 6.80. The van der Waals surface area contributed by atoms with E-state index in [-0.39, 0.29) is 6.03 Å². The quantitative estimate of drug-likeness (QED) is 0.328. The Hall–Kier alpha value is -3.63. The van der Waals surface area contributed by atoms with Gasteiger partial charge < -0.3 is 5.32 Å². The Kier molecular flexibility index (Phi) is 7.06. The van der Waals surface area contributed by atoms with Crippen molar-refractivity contribution in [3.05, 3.63) is 105 Å². The summed E-state index contributed by atoms with van der Waals surface area (Å²) < 4.78 is 1.76. The van der Waals surface area contributed by atoms with Crippen LogP contribution in [0.2, 0.25) is 10.2 Å². The number of carbonyl (C=O) groups is 1. The molecule has 1 aliphatic rings. The van der Waals surface area contributed by atoms with Gasteiger partial charge in [-0.15, -0.1) is 0 Å². The van der Waals surface area contributed by atoms with E-state index in [0.29, 0.717) is 23.8 Å². The first kappa shape index (κ1) is 24.1. The zero-order valence-corrected chi connectivity index (χ0v) is 20.9. The zero-order valence-electron chi connectivity index (χ0n) is 19.4. The Bertz CT molecular complexity index is 1500. The summed E-state index contributed by atoms with van der Waals surface area (Å²) in [6.45, 7) is 2.65. The van der Waals surface area contributed by atoms with Gasteiger partial charge in [-0.1, -0.05) is 47.5 Å². The topological polar surface area (TPSA) is 74.0 Å². The number of fused-ring (bicyclic) bond motifs is 3. The summed E-state index contributed by atoms with van der Waals surface area (Å²) in [5, 5.41) is 14.5. The molecule has 0 saturated heterocycles. The number of carbonyl (C=O) groups excluding carboxylic acids is 1. The first-order chi connectivity index (χ1) is 17.5. The molecule has 2 aromatic heterocycles. The van der Waals surface area contributed by atoms with E-state index < -0.39 is 0 Å². The van der Waals surface area contributed by atoms with Crippen molar-refractivity contribution in [2.24, 2.45) is 0 Å². The normalized spacial score (nSPS) is 13.6. The molecule has 1 N–H and O–H groups in total. The van der Waals surface area contributed by atoms with E-state index >= 15 is 0 Å². The molecule has 0 spiro atoms. The van der Waals surface area contributed by atoms with Crippen molar-refractivity contribution >= 4 is 46.2 Å². The number of amides is 1. The van der Waals surface area contributed by atoms with E-state index in [2.05, 4.69) is 33.4 Å². The van der Waals surface area contributed by atoms with Crippen LogP contribution >= 0.6 is 23.2 Å². The minimum absolute atomic E-state index is 0.199. The largest absolute Gasteiger partial charge is 0.333 e. The van der Waals surface area contributed by atoms with Crippen molar-refractivity contribution in [1.29, 1.82) is 5.26 Å². The average molecular weight is 516 g/mol. The lowest BCUT2D eigenvalue weighted by Crippen LogP contribution is -2.34. The van der Waals surface area contributed by atoms with Crippen molar-refractivity contribution in [2.75, 3.05) is 13.1 Å². The number of nitriles is 1. The molecular formula is C28H23Cl2N5O. The second-order valence-corrected chi connectivity index (χ2v) is 9.51. The molecule has 3 heterocycles. The average Bonchev–Trinajstić information content (AvgIpc) is 3.21. The van der Waals surface area contributed by atoms with Gasteiger partial charge in [-0.2, -0.15) is 5.26 Å². The van der Waals surface area contributed by atoms with E-state index in [0.717, 1.165) is 57.8 Å². The number of halogens is 2. The molecule has 0 fully saturated rings. The van der Waals surface area contributed by atoms with E-state index in [1.165, 1.54) is 0 Å². The Labute approximate surface area is 219 Å². The van der Waals surface area contributed by atoms with Crippen molar-refractivity contribution in [3.63, 3.8) is 0 Å². The molecule has 0 radical (unpaired) electrons. The Morgan fingerprint density at radius 3 is 2.75 bits per heavy atom. The van der Waals surface area contributed by atoms with E-state index in [9.17, 15) is 10.1 Å². The smallest absolute Gasteiger partial charge is 0.326 e. The summed E-state index contributed by atoms with van der Waals surface area (Å²) in [5.74, 6) is 0. The highest BCUT2D eigenvalue weighted by molar-refractivity contribution is 6.30. The van der Waals surface area contributed by atoms with Crippen molar-refractivity contribution in [3.8, 4) is 6.07 Å². The van der Waals surface area contributed by atoms with Crippen LogP contribution in [0.4, 0.5) is 4.79 Å². The third kappa shape index (κ3) is 5.14. The molecule has 1 aliphatic heterocycles. The van der Waals surface area contributed by atoms with E-state index in [1.54, 1.807) is 22.9 Å². The summed E-state index contributed by atoms with van der Waals surface area (Å²) in [4.78, 5) is 19.7. The maximum Gasteiger partial charge on any atom is 0.326 e. The summed E-state index contributed by atoms with van der Waals surface area (Å²) in [6.07, 6.45) is 6.58. The van der Waals surface area contributed by atoms with Crippen LogP contribution in [0.15, 0.2) is 66.9 Å². The highest BCUT2D eigenvalue weighted by atomic mass is 35.5. The zero-order chi connectivity index (χ0) is 25.1. The van der Waals surface area contributed by atoms with Crippen LogP contribution in [-0.2, 0) is 19.5 Å². The van der Waals surface area contributed by atoms with Gasteiger partial charge >= 0.3 is 6.03 Å². The molecule has 0 bridgehead atoms. The lowest BCUT2D eigenvalue weighted by atomic mass is 10.0. The summed E-state index contributed by atoms with van der Waals surface area (Å²) in [7, 11) is 0. The van der Waals surface area contributed by atoms with Crippen molar-refractivity contribution in [2.45, 2.75) is 19.5 Å². The van der Waals surface area contributed by atoms with Gasteiger partial charge in [-0.3, -0.25) is 9.47 Å². The fourth-order valence-corrected chi connectivity index (χ4v) is 4.92. The van der Waals surface area contributed by atoms with Crippen LogP contribution in [-0.4, -0.2) is 33.6 Å². The van der Waals surface area contributed by atoms with Gasteiger partial charge in [0.25, 0.3) is 0 Å². The molecule has 0 atom stereocenters. The predicted octanol–water partition coefficient (Wildman–Crippen LogP) is 6.04. The summed E-state index contributed by atoms with van der Waals surface area (Å²) in [5.41, 5.74) is 5.44. The third-order valence-electron chi connectivity index (χ3n) is 6.34. The minimum Gasteiger partial charge on any atom is -0.333 e. The second-order valence-electron chi connectivity index (χ2n) is 8.69. The molecule has 180 valence electrons. The number of aromatic nitrogens is 2. The number of nitrogens with zero attached hydrogens (tertiary/aromatic N) is 4. The molecule has 0 aliphatic carbocycles. The van der Waals surface area contributed by atoms with Gasteiger partial charge in [0, 0.05) is 54.9 Å². The number of hydrogen-bond acceptors (Lipinski definition) is 4. The summed E-state index contributed by atoms with van der Waals surface area (Å²) >= 11 is 12.0. The van der Waals surface area contributed by atoms with Crippen LogP contribution in [0.25, 0.3) is 17.0 Å². The van der Waals surface area contributed by atoms with Crippen molar-refractivity contribution in [1.82, 2.24) is 19.8 Å². The first-order valence-corrected chi connectivity index (χ1v) is 12.4. The molecule has 36 heavy (non-hydrogen) atoms. The second kappa shape index (κ2) is 10.5. The maximum absolute atomic E-state index is 13.3.